The molecule has 0 amide bonds. The molecule has 0 unspecified atom stereocenters. The monoisotopic (exact) mass is 374 g/mol. The molecule has 0 radical (unpaired) electrons. The summed E-state index contributed by atoms with van der Waals surface area (Å²) >= 11 is 0. The van der Waals surface area contributed by atoms with Crippen LogP contribution in [-0.4, -0.2) is 51.8 Å². The van der Waals surface area contributed by atoms with Crippen LogP contribution >= 0.6 is 0 Å². The molecule has 0 saturated carbocycles. The van der Waals surface area contributed by atoms with Gasteiger partial charge in [0.1, 0.15) is 11.4 Å². The minimum atomic E-state index is -3.34. The second-order valence-corrected chi connectivity index (χ2v) is 8.28. The van der Waals surface area contributed by atoms with Gasteiger partial charge in [0.15, 0.2) is 9.84 Å². The summed E-state index contributed by atoms with van der Waals surface area (Å²) in [5.74, 6) is -0.0505. The van der Waals surface area contributed by atoms with Crippen LogP contribution in [0.1, 0.15) is 12.5 Å². The Bertz CT molecular complexity index is 886. The number of nitrogens with zero attached hydrogens (tertiary/aromatic N) is 2. The number of hydrogen-bond acceptors (Lipinski definition) is 6. The number of hydrogen-bond donors (Lipinski definition) is 1. The van der Waals surface area contributed by atoms with Gasteiger partial charge >= 0.3 is 0 Å². The van der Waals surface area contributed by atoms with Crippen molar-refractivity contribution < 1.29 is 18.3 Å². The van der Waals surface area contributed by atoms with Gasteiger partial charge in [-0.2, -0.15) is 0 Å². The Labute approximate surface area is 153 Å². The van der Waals surface area contributed by atoms with Gasteiger partial charge in [-0.3, -0.25) is 4.99 Å². The third kappa shape index (κ3) is 4.23. The van der Waals surface area contributed by atoms with Crippen molar-refractivity contribution in [3.05, 3.63) is 48.0 Å². The molecule has 26 heavy (non-hydrogen) atoms. The molecule has 0 aromatic heterocycles. The second-order valence-electron chi connectivity index (χ2n) is 6.00. The lowest BCUT2D eigenvalue weighted by Crippen LogP contribution is -2.36. The predicted molar refractivity (Wildman–Crippen MR) is 103 cm³/mol. The third-order valence-corrected chi connectivity index (χ3v) is 6.04. The lowest BCUT2D eigenvalue weighted by molar-refractivity contribution is 0.122. The molecule has 0 aliphatic carbocycles. The highest BCUT2D eigenvalue weighted by molar-refractivity contribution is 7.91. The van der Waals surface area contributed by atoms with E-state index in [0.29, 0.717) is 0 Å². The molecule has 1 aliphatic rings. The fourth-order valence-corrected chi connectivity index (χ4v) is 3.60. The number of aromatic hydroxyl groups is 1. The normalized spacial score (nSPS) is 15.5. The van der Waals surface area contributed by atoms with Crippen LogP contribution in [0.2, 0.25) is 0 Å². The molecular weight excluding hydrogens is 352 g/mol. The molecule has 138 valence electrons. The number of sulfone groups is 1. The van der Waals surface area contributed by atoms with Gasteiger partial charge in [0.2, 0.25) is 0 Å². The van der Waals surface area contributed by atoms with Gasteiger partial charge in [-0.1, -0.05) is 19.1 Å². The number of phenols is 1. The van der Waals surface area contributed by atoms with Gasteiger partial charge < -0.3 is 14.7 Å². The average molecular weight is 374 g/mol. The summed E-state index contributed by atoms with van der Waals surface area (Å²) in [6.45, 7) is 4.81. The van der Waals surface area contributed by atoms with E-state index in [1.54, 1.807) is 13.1 Å². The van der Waals surface area contributed by atoms with Crippen molar-refractivity contribution >= 4 is 27.4 Å². The summed E-state index contributed by atoms with van der Waals surface area (Å²) in [6.07, 6.45) is 1.61. The largest absolute Gasteiger partial charge is 0.506 e. The summed E-state index contributed by atoms with van der Waals surface area (Å²) in [5, 5.41) is 9.94. The molecule has 0 bridgehead atoms. The van der Waals surface area contributed by atoms with Crippen LogP contribution in [-0.2, 0) is 14.6 Å². The molecule has 0 spiro atoms. The molecule has 2 aromatic rings. The van der Waals surface area contributed by atoms with Crippen molar-refractivity contribution in [1.29, 1.82) is 0 Å². The molecule has 1 N–H and O–H groups in total. The van der Waals surface area contributed by atoms with Crippen molar-refractivity contribution in [3.8, 4) is 5.75 Å². The summed E-state index contributed by atoms with van der Waals surface area (Å²) in [6, 6.07) is 12.1. The third-order valence-electron chi connectivity index (χ3n) is 4.31. The van der Waals surface area contributed by atoms with E-state index in [1.165, 1.54) is 18.2 Å². The van der Waals surface area contributed by atoms with Crippen LogP contribution < -0.4 is 4.90 Å². The number of rotatable bonds is 5. The first-order chi connectivity index (χ1) is 12.5. The molecule has 6 nitrogen and oxygen atoms in total. The molecule has 3 rings (SSSR count). The average Bonchev–Trinajstić information content (AvgIpc) is 2.68. The lowest BCUT2D eigenvalue weighted by atomic mass is 10.2. The molecule has 1 saturated heterocycles. The first kappa shape index (κ1) is 18.4. The van der Waals surface area contributed by atoms with E-state index in [1.807, 2.05) is 24.3 Å². The highest BCUT2D eigenvalue weighted by atomic mass is 32.2. The van der Waals surface area contributed by atoms with Gasteiger partial charge in [0.05, 0.1) is 23.9 Å². The van der Waals surface area contributed by atoms with Crippen molar-refractivity contribution in [2.45, 2.75) is 11.8 Å². The Hall–Kier alpha value is -2.38. The van der Waals surface area contributed by atoms with Gasteiger partial charge in [-0.05, 0) is 35.9 Å². The van der Waals surface area contributed by atoms with Gasteiger partial charge in [0.25, 0.3) is 0 Å². The quantitative estimate of drug-likeness (QED) is 0.814. The molecule has 7 heteroatoms. The van der Waals surface area contributed by atoms with Crippen molar-refractivity contribution in [2.24, 2.45) is 4.99 Å². The van der Waals surface area contributed by atoms with Crippen LogP contribution in [0.5, 0.6) is 5.75 Å². The Morgan fingerprint density at radius 3 is 2.50 bits per heavy atom. The number of ether oxygens (including phenoxy) is 1. The number of anilines is 1. The van der Waals surface area contributed by atoms with E-state index in [9.17, 15) is 13.5 Å². The van der Waals surface area contributed by atoms with Gasteiger partial charge in [0, 0.05) is 25.0 Å². The summed E-state index contributed by atoms with van der Waals surface area (Å²) in [7, 11) is -3.34. The smallest absolute Gasteiger partial charge is 0.178 e. The minimum absolute atomic E-state index is 0.00390. The van der Waals surface area contributed by atoms with E-state index in [4.69, 9.17) is 4.74 Å². The number of morpholine rings is 1. The van der Waals surface area contributed by atoms with E-state index in [2.05, 4.69) is 9.89 Å². The van der Waals surface area contributed by atoms with Crippen LogP contribution in [0, 0.1) is 0 Å². The Morgan fingerprint density at radius 1 is 1.15 bits per heavy atom. The number of aliphatic imine (C=N–C) groups is 1. The zero-order valence-electron chi connectivity index (χ0n) is 14.6. The van der Waals surface area contributed by atoms with Crippen LogP contribution in [0.25, 0.3) is 0 Å². The van der Waals surface area contributed by atoms with Crippen molar-refractivity contribution in [1.82, 2.24) is 0 Å². The fourth-order valence-electron chi connectivity index (χ4n) is 2.70. The van der Waals surface area contributed by atoms with Crippen molar-refractivity contribution in [3.63, 3.8) is 0 Å². The first-order valence-electron chi connectivity index (χ1n) is 8.52. The molecule has 1 aliphatic heterocycles. The fraction of sp³-hybridized carbons (Fsp3) is 0.316. The summed E-state index contributed by atoms with van der Waals surface area (Å²) in [5.41, 5.74) is 2.23. The number of phenolic OH excluding ortho intramolecular Hbond substituents is 1. The molecule has 1 fully saturated rings. The van der Waals surface area contributed by atoms with Gasteiger partial charge in [-0.15, -0.1) is 0 Å². The molecule has 1 heterocycles. The first-order valence-corrected chi connectivity index (χ1v) is 10.2. The maximum atomic E-state index is 12.0. The zero-order valence-corrected chi connectivity index (χ0v) is 15.4. The van der Waals surface area contributed by atoms with Gasteiger partial charge in [-0.25, -0.2) is 8.42 Å². The topological polar surface area (TPSA) is 79.2 Å². The summed E-state index contributed by atoms with van der Waals surface area (Å²) in [4.78, 5) is 6.67. The van der Waals surface area contributed by atoms with Crippen LogP contribution in [0.3, 0.4) is 0 Å². The maximum absolute atomic E-state index is 12.0. The van der Waals surface area contributed by atoms with E-state index >= 15 is 0 Å². The van der Waals surface area contributed by atoms with Crippen LogP contribution in [0.4, 0.5) is 11.4 Å². The highest BCUT2D eigenvalue weighted by Gasteiger charge is 2.14. The molecule has 0 atom stereocenters. The highest BCUT2D eigenvalue weighted by Crippen LogP contribution is 2.29. The van der Waals surface area contributed by atoms with Crippen molar-refractivity contribution in [2.75, 3.05) is 37.0 Å². The number of benzene rings is 2. The zero-order chi connectivity index (χ0) is 18.6. The summed E-state index contributed by atoms with van der Waals surface area (Å²) < 4.78 is 29.3. The van der Waals surface area contributed by atoms with E-state index < -0.39 is 9.84 Å². The maximum Gasteiger partial charge on any atom is 0.178 e. The van der Waals surface area contributed by atoms with E-state index in [-0.39, 0.29) is 22.1 Å². The Kier molecular flexibility index (Phi) is 5.58. The molecule has 2 aromatic carbocycles. The predicted octanol–water partition coefficient (Wildman–Crippen LogP) is 2.77. The SMILES string of the molecule is CCS(=O)(=O)c1ccc(O)c(N=Cc2ccc(N3CCOCC3)cc2)c1. The molecular formula is C19H22N2O4S. The van der Waals surface area contributed by atoms with Crippen LogP contribution in [0.15, 0.2) is 52.4 Å². The minimum Gasteiger partial charge on any atom is -0.506 e. The second kappa shape index (κ2) is 7.88. The standard InChI is InChI=1S/C19H22N2O4S/c1-2-26(23,24)17-7-8-19(22)18(13-17)20-14-15-3-5-16(6-4-15)21-9-11-25-12-10-21/h3-8,13-14,22H,2,9-12H2,1H3. The Balaban J connectivity index is 1.78. The Morgan fingerprint density at radius 2 is 1.85 bits per heavy atom. The van der Waals surface area contributed by atoms with E-state index in [0.717, 1.165) is 37.6 Å². The lowest BCUT2D eigenvalue weighted by Gasteiger charge is -2.28.